The summed E-state index contributed by atoms with van der Waals surface area (Å²) in [6.07, 6.45) is 3.66. The van der Waals surface area contributed by atoms with Crippen LogP contribution in [0.3, 0.4) is 0 Å². The molecule has 20 heavy (non-hydrogen) atoms. The molecule has 4 heteroatoms. The van der Waals surface area contributed by atoms with Gasteiger partial charge in [0.05, 0.1) is 23.5 Å². The second kappa shape index (κ2) is 5.89. The van der Waals surface area contributed by atoms with Crippen molar-refractivity contribution in [3.05, 3.63) is 60.3 Å². The molecule has 0 saturated heterocycles. The Morgan fingerprint density at radius 1 is 1.20 bits per heavy atom. The molecule has 1 N–H and O–H groups in total. The molecule has 0 amide bonds. The van der Waals surface area contributed by atoms with Crippen molar-refractivity contribution in [2.24, 2.45) is 0 Å². The summed E-state index contributed by atoms with van der Waals surface area (Å²) >= 11 is 0. The number of benzene rings is 1. The van der Waals surface area contributed by atoms with Crippen LogP contribution in [0, 0.1) is 11.3 Å². The van der Waals surface area contributed by atoms with E-state index in [4.69, 9.17) is 5.26 Å². The minimum atomic E-state index is 0.652. The molecule has 0 unspecified atom stereocenters. The molecule has 1 aliphatic heterocycles. The maximum Gasteiger partial charge on any atom is 0.134 e. The molecule has 2 heterocycles. The Hall–Kier alpha value is -2.80. The molecule has 3 rings (SSSR count). The Kier molecular flexibility index (Phi) is 4.02. The highest BCUT2D eigenvalue weighted by atomic mass is 15.3. The SMILES string of the molecule is C=C1C=C(c2ccc(C#N)cc2)Nc2ccnn21.CC. The van der Waals surface area contributed by atoms with Crippen LogP contribution in [0.1, 0.15) is 25.0 Å². The van der Waals surface area contributed by atoms with Crippen molar-refractivity contribution < 1.29 is 0 Å². The van der Waals surface area contributed by atoms with Crippen molar-refractivity contribution in [3.63, 3.8) is 0 Å². The zero-order chi connectivity index (χ0) is 14.5. The number of allylic oxidation sites excluding steroid dienone is 2. The predicted octanol–water partition coefficient (Wildman–Crippen LogP) is 3.72. The van der Waals surface area contributed by atoms with E-state index in [9.17, 15) is 0 Å². The largest absolute Gasteiger partial charge is 0.340 e. The van der Waals surface area contributed by atoms with E-state index in [1.165, 1.54) is 0 Å². The fraction of sp³-hybridized carbons (Fsp3) is 0.125. The summed E-state index contributed by atoms with van der Waals surface area (Å²) in [6, 6.07) is 11.4. The van der Waals surface area contributed by atoms with Crippen LogP contribution in [-0.4, -0.2) is 9.78 Å². The highest BCUT2D eigenvalue weighted by Gasteiger charge is 2.13. The molecule has 1 aromatic carbocycles. The lowest BCUT2D eigenvalue weighted by Crippen LogP contribution is -2.11. The Labute approximate surface area is 118 Å². The summed E-state index contributed by atoms with van der Waals surface area (Å²) in [4.78, 5) is 0. The number of anilines is 1. The lowest BCUT2D eigenvalue weighted by molar-refractivity contribution is 0.913. The molecule has 0 radical (unpaired) electrons. The van der Waals surface area contributed by atoms with Gasteiger partial charge in [0.2, 0.25) is 0 Å². The molecule has 1 aromatic heterocycles. The minimum absolute atomic E-state index is 0.652. The molecule has 100 valence electrons. The van der Waals surface area contributed by atoms with Crippen LogP contribution >= 0.6 is 0 Å². The topological polar surface area (TPSA) is 53.6 Å². The molecule has 0 aliphatic carbocycles. The summed E-state index contributed by atoms with van der Waals surface area (Å²) in [5, 5.41) is 16.2. The number of aromatic nitrogens is 2. The third-order valence-corrected chi connectivity index (χ3v) is 2.81. The van der Waals surface area contributed by atoms with E-state index in [1.54, 1.807) is 23.0 Å². The van der Waals surface area contributed by atoms with E-state index >= 15 is 0 Å². The molecule has 0 fully saturated rings. The van der Waals surface area contributed by atoms with Gasteiger partial charge in [0.25, 0.3) is 0 Å². The number of rotatable bonds is 1. The van der Waals surface area contributed by atoms with E-state index in [-0.39, 0.29) is 0 Å². The third kappa shape index (κ3) is 2.47. The van der Waals surface area contributed by atoms with Crippen LogP contribution < -0.4 is 5.32 Å². The molecule has 0 saturated carbocycles. The van der Waals surface area contributed by atoms with Crippen LogP contribution in [0.4, 0.5) is 5.82 Å². The second-order valence-corrected chi connectivity index (χ2v) is 3.99. The van der Waals surface area contributed by atoms with Gasteiger partial charge in [0, 0.05) is 11.8 Å². The van der Waals surface area contributed by atoms with Crippen molar-refractivity contribution in [2.45, 2.75) is 13.8 Å². The van der Waals surface area contributed by atoms with Gasteiger partial charge in [-0.3, -0.25) is 0 Å². The summed E-state index contributed by atoms with van der Waals surface area (Å²) in [6.45, 7) is 7.97. The quantitative estimate of drug-likeness (QED) is 0.854. The van der Waals surface area contributed by atoms with Crippen molar-refractivity contribution in [1.82, 2.24) is 9.78 Å². The number of hydrogen-bond donors (Lipinski definition) is 1. The minimum Gasteiger partial charge on any atom is -0.340 e. The number of hydrogen-bond acceptors (Lipinski definition) is 3. The van der Waals surface area contributed by atoms with Gasteiger partial charge in [-0.25, -0.2) is 4.68 Å². The second-order valence-electron chi connectivity index (χ2n) is 3.99. The average molecular weight is 264 g/mol. The molecule has 4 nitrogen and oxygen atoms in total. The Morgan fingerprint density at radius 3 is 2.55 bits per heavy atom. The van der Waals surface area contributed by atoms with E-state index < -0.39 is 0 Å². The Bertz CT molecular complexity index is 684. The van der Waals surface area contributed by atoms with Crippen LogP contribution in [0.25, 0.3) is 11.4 Å². The van der Waals surface area contributed by atoms with E-state index in [0.29, 0.717) is 5.56 Å². The normalized spacial score (nSPS) is 12.2. The van der Waals surface area contributed by atoms with E-state index in [0.717, 1.165) is 22.8 Å². The predicted molar refractivity (Wildman–Crippen MR) is 81.7 cm³/mol. The number of nitrogens with one attached hydrogen (secondary N) is 1. The first-order valence-corrected chi connectivity index (χ1v) is 6.50. The zero-order valence-electron chi connectivity index (χ0n) is 11.6. The van der Waals surface area contributed by atoms with Crippen molar-refractivity contribution in [2.75, 3.05) is 5.32 Å². The summed E-state index contributed by atoms with van der Waals surface area (Å²) in [5.41, 5.74) is 3.44. The van der Waals surface area contributed by atoms with Gasteiger partial charge in [0.15, 0.2) is 0 Å². The van der Waals surface area contributed by atoms with Gasteiger partial charge in [0.1, 0.15) is 5.82 Å². The molecule has 0 atom stereocenters. The zero-order valence-corrected chi connectivity index (χ0v) is 11.6. The summed E-state index contributed by atoms with van der Waals surface area (Å²) in [7, 11) is 0. The van der Waals surface area contributed by atoms with Crippen molar-refractivity contribution in [1.29, 1.82) is 5.26 Å². The Balaban J connectivity index is 0.000000704. The van der Waals surface area contributed by atoms with Gasteiger partial charge in [-0.2, -0.15) is 10.4 Å². The molecule has 1 aliphatic rings. The fourth-order valence-corrected chi connectivity index (χ4v) is 1.91. The van der Waals surface area contributed by atoms with Crippen LogP contribution in [-0.2, 0) is 0 Å². The number of fused-ring (bicyclic) bond motifs is 1. The number of nitrogens with zero attached hydrogens (tertiary/aromatic N) is 3. The van der Waals surface area contributed by atoms with Crippen molar-refractivity contribution >= 4 is 17.2 Å². The third-order valence-electron chi connectivity index (χ3n) is 2.81. The highest BCUT2D eigenvalue weighted by Crippen LogP contribution is 2.27. The Morgan fingerprint density at radius 2 is 1.90 bits per heavy atom. The summed E-state index contributed by atoms with van der Waals surface area (Å²) < 4.78 is 1.74. The van der Waals surface area contributed by atoms with Gasteiger partial charge >= 0.3 is 0 Å². The maximum absolute atomic E-state index is 8.78. The molecular weight excluding hydrogens is 248 g/mol. The fourth-order valence-electron chi connectivity index (χ4n) is 1.91. The van der Waals surface area contributed by atoms with Gasteiger partial charge in [-0.05, 0) is 23.8 Å². The van der Waals surface area contributed by atoms with Crippen LogP contribution in [0.15, 0.2) is 49.2 Å². The van der Waals surface area contributed by atoms with Crippen LogP contribution in [0.5, 0.6) is 0 Å². The first-order chi connectivity index (χ1) is 9.78. The molecule has 2 aromatic rings. The highest BCUT2D eigenvalue weighted by molar-refractivity contribution is 5.86. The molecule has 0 spiro atoms. The number of nitriles is 1. The molecular formula is C16H16N4. The average Bonchev–Trinajstić information content (AvgIpc) is 2.98. The summed E-state index contributed by atoms with van der Waals surface area (Å²) in [5.74, 6) is 0.891. The lowest BCUT2D eigenvalue weighted by atomic mass is 10.1. The first-order valence-electron chi connectivity index (χ1n) is 6.50. The van der Waals surface area contributed by atoms with E-state index in [1.807, 2.05) is 38.1 Å². The maximum atomic E-state index is 8.78. The lowest BCUT2D eigenvalue weighted by Gasteiger charge is -2.19. The molecule has 0 bridgehead atoms. The van der Waals surface area contributed by atoms with Gasteiger partial charge in [-0.1, -0.05) is 32.6 Å². The first kappa shape index (κ1) is 13.6. The van der Waals surface area contributed by atoms with Gasteiger partial charge in [-0.15, -0.1) is 0 Å². The standard InChI is InChI=1S/C14H10N4.C2H6/c1-10-8-13(17-14-6-7-16-18(10)14)12-4-2-11(9-15)3-5-12;1-2/h2-8,17H,1H2;1-2H3. The van der Waals surface area contributed by atoms with Crippen LogP contribution in [0.2, 0.25) is 0 Å². The van der Waals surface area contributed by atoms with E-state index in [2.05, 4.69) is 23.1 Å². The monoisotopic (exact) mass is 264 g/mol. The smallest absolute Gasteiger partial charge is 0.134 e. The van der Waals surface area contributed by atoms with Crippen molar-refractivity contribution in [3.8, 4) is 6.07 Å². The van der Waals surface area contributed by atoms with Gasteiger partial charge < -0.3 is 5.32 Å².